The largest absolute Gasteiger partial charge is 0.442 e. The maximum atomic E-state index is 14.8. The Balaban J connectivity index is 0.00000320. The normalized spacial score (nSPS) is 20.4. The van der Waals surface area contributed by atoms with Crippen molar-refractivity contribution in [2.75, 3.05) is 44.2 Å². The molecule has 30 heavy (non-hydrogen) atoms. The van der Waals surface area contributed by atoms with Gasteiger partial charge in [-0.2, -0.15) is 0 Å². The van der Waals surface area contributed by atoms with E-state index in [-0.39, 0.29) is 71.9 Å². The molecular formula is C18H22F2MoN4O5. The van der Waals surface area contributed by atoms with Crippen molar-refractivity contribution in [2.24, 2.45) is 0 Å². The maximum Gasteiger partial charge on any atom is 0.414 e. The Labute approximate surface area is 186 Å². The van der Waals surface area contributed by atoms with Crippen LogP contribution in [0.4, 0.5) is 25.0 Å². The first kappa shape index (κ1) is 24.0. The van der Waals surface area contributed by atoms with Crippen LogP contribution in [0.15, 0.2) is 12.1 Å². The van der Waals surface area contributed by atoms with E-state index in [9.17, 15) is 28.4 Å². The number of halogens is 2. The standard InChI is InChI=1S/C18H22F2N4O5.Mo/c1-11(25)21-9-14-10-23(18(27)29-14)13-7-15(19)17(16(20)8-13)24(28)5-3-22(4-6-24)12(2)26;/h7-8,14,28H,2-6,9-10H2,1H3,(H,21,25);/t14-;/m0./s1. The van der Waals surface area contributed by atoms with Gasteiger partial charge in [-0.05, 0) is 0 Å². The van der Waals surface area contributed by atoms with Crippen molar-refractivity contribution in [2.45, 2.75) is 13.0 Å². The number of nitrogens with one attached hydrogen (secondary N) is 1. The molecule has 2 fully saturated rings. The number of cyclic esters (lactones) is 1. The number of anilines is 1. The fraction of sp³-hybridized carbons (Fsp3) is 0.444. The van der Waals surface area contributed by atoms with Crippen LogP contribution in [-0.2, 0) is 35.4 Å². The van der Waals surface area contributed by atoms with Gasteiger partial charge in [-0.25, -0.2) is 18.8 Å². The van der Waals surface area contributed by atoms with E-state index in [1.165, 1.54) is 11.8 Å². The van der Waals surface area contributed by atoms with E-state index < -0.39 is 40.1 Å². The quantitative estimate of drug-likeness (QED) is 0.356. The molecule has 164 valence electrons. The molecule has 0 bridgehead atoms. The Morgan fingerprint density at radius 2 is 1.87 bits per heavy atom. The van der Waals surface area contributed by atoms with E-state index in [4.69, 9.17) is 4.74 Å². The number of hydrogen-bond donors (Lipinski definition) is 2. The minimum atomic E-state index is -1.02. The van der Waals surface area contributed by atoms with Crippen LogP contribution in [0.25, 0.3) is 0 Å². The van der Waals surface area contributed by atoms with E-state index >= 15 is 0 Å². The zero-order valence-corrected chi connectivity index (χ0v) is 18.3. The Kier molecular flexibility index (Phi) is 7.44. The van der Waals surface area contributed by atoms with E-state index in [1.54, 1.807) is 0 Å². The van der Waals surface area contributed by atoms with E-state index in [0.29, 0.717) is 0 Å². The number of ether oxygens (including phenoxy) is 1. The first-order valence-corrected chi connectivity index (χ1v) is 9.03. The molecule has 0 radical (unpaired) electrons. The van der Waals surface area contributed by atoms with E-state index in [2.05, 4.69) is 12.2 Å². The smallest absolute Gasteiger partial charge is 0.414 e. The molecule has 0 spiro atoms. The maximum absolute atomic E-state index is 14.8. The zero-order valence-electron chi connectivity index (χ0n) is 16.3. The number of piperazine rings is 1. The molecule has 0 saturated carbocycles. The summed E-state index contributed by atoms with van der Waals surface area (Å²) in [5.74, 6) is -2.75. The molecule has 3 amide bonds. The molecule has 0 aliphatic carbocycles. The van der Waals surface area contributed by atoms with Gasteiger partial charge in [0.05, 0.1) is 37.8 Å². The number of carbonyl (C=O) groups is 3. The Bertz CT molecular complexity index is 825. The third-order valence-electron chi connectivity index (χ3n) is 5.01. The summed E-state index contributed by atoms with van der Waals surface area (Å²) in [5, 5.41) is 13.2. The summed E-state index contributed by atoms with van der Waals surface area (Å²) in [7, 11) is 0. The van der Waals surface area contributed by atoms with Gasteiger partial charge >= 0.3 is 6.09 Å². The number of nitrogens with zero attached hydrogens (tertiary/aromatic N) is 3. The van der Waals surface area contributed by atoms with Gasteiger partial charge in [0, 0.05) is 40.1 Å². The van der Waals surface area contributed by atoms with Crippen LogP contribution in [0.5, 0.6) is 0 Å². The van der Waals surface area contributed by atoms with Gasteiger partial charge in [0.2, 0.25) is 11.6 Å². The molecule has 9 nitrogen and oxygen atoms in total. The second-order valence-corrected chi connectivity index (χ2v) is 7.06. The zero-order chi connectivity index (χ0) is 21.3. The molecule has 1 aromatic rings. The molecule has 2 heterocycles. The van der Waals surface area contributed by atoms with Crippen LogP contribution < -0.4 is 14.9 Å². The molecule has 12 heteroatoms. The average molecular weight is 508 g/mol. The van der Waals surface area contributed by atoms with Gasteiger partial charge in [-0.15, -0.1) is 4.65 Å². The number of hydrogen-bond acceptors (Lipinski definition) is 5. The van der Waals surface area contributed by atoms with E-state index in [1.807, 2.05) is 0 Å². The van der Waals surface area contributed by atoms with Gasteiger partial charge in [0.25, 0.3) is 0 Å². The van der Waals surface area contributed by atoms with Crippen LogP contribution in [0.2, 0.25) is 0 Å². The summed E-state index contributed by atoms with van der Waals surface area (Å²) in [6, 6.07) is 1.91. The minimum Gasteiger partial charge on any atom is -0.442 e. The third-order valence-corrected chi connectivity index (χ3v) is 5.01. The van der Waals surface area contributed by atoms with Crippen LogP contribution >= 0.6 is 0 Å². The van der Waals surface area contributed by atoms with Gasteiger partial charge in [-0.1, -0.05) is 0 Å². The second kappa shape index (κ2) is 9.28. The Hall–Kier alpha value is -2.23. The molecule has 2 saturated heterocycles. The number of hydroxylamine groups is 2. The third kappa shape index (κ3) is 4.91. The Morgan fingerprint density at radius 1 is 1.30 bits per heavy atom. The molecule has 0 aromatic heterocycles. The molecule has 1 aromatic carbocycles. The average Bonchev–Trinajstić information content (AvgIpc) is 3.00. The van der Waals surface area contributed by atoms with Crippen molar-refractivity contribution in [3.63, 3.8) is 0 Å². The van der Waals surface area contributed by atoms with Crippen LogP contribution in [0, 0.1) is 18.6 Å². The summed E-state index contributed by atoms with van der Waals surface area (Å²) >= 11 is 0. The van der Waals surface area contributed by atoms with Crippen molar-refractivity contribution in [3.8, 4) is 0 Å². The summed E-state index contributed by atoms with van der Waals surface area (Å²) in [5.41, 5.74) is -0.607. The van der Waals surface area contributed by atoms with Gasteiger partial charge in [-0.3, -0.25) is 9.69 Å². The molecule has 0 unspecified atom stereocenters. The van der Waals surface area contributed by atoms with Crippen molar-refractivity contribution in [3.05, 3.63) is 30.7 Å². The van der Waals surface area contributed by atoms with Crippen LogP contribution in [0.1, 0.15) is 6.92 Å². The summed E-state index contributed by atoms with van der Waals surface area (Å²) in [4.78, 5) is 36.8. The van der Waals surface area contributed by atoms with Gasteiger partial charge < -0.3 is 26.7 Å². The monoisotopic (exact) mass is 510 g/mol. The van der Waals surface area contributed by atoms with Gasteiger partial charge in [0.1, 0.15) is 19.2 Å². The fourth-order valence-electron chi connectivity index (χ4n) is 3.47. The number of quaternary nitrogens is 1. The van der Waals surface area contributed by atoms with Crippen molar-refractivity contribution in [1.29, 1.82) is 0 Å². The molecule has 2 aliphatic rings. The first-order chi connectivity index (χ1) is 13.6. The van der Waals surface area contributed by atoms with Gasteiger partial charge in [0.15, 0.2) is 11.6 Å². The van der Waals surface area contributed by atoms with Crippen LogP contribution in [-0.4, -0.2) is 73.4 Å². The predicted molar refractivity (Wildman–Crippen MR) is 97.9 cm³/mol. The summed E-state index contributed by atoms with van der Waals surface area (Å²) in [6.45, 7) is 4.70. The number of rotatable bonds is 4. The molecule has 2 N–H and O–H groups in total. The number of benzene rings is 1. The predicted octanol–water partition coefficient (Wildman–Crippen LogP) is 0.796. The summed E-state index contributed by atoms with van der Waals surface area (Å²) in [6.07, 6.45) is -1.44. The van der Waals surface area contributed by atoms with Crippen molar-refractivity contribution >= 4 is 29.3 Å². The first-order valence-electron chi connectivity index (χ1n) is 9.03. The van der Waals surface area contributed by atoms with E-state index in [0.717, 1.165) is 17.0 Å². The molecule has 2 aliphatic heterocycles. The number of amides is 3. The molecular weight excluding hydrogens is 486 g/mol. The molecule has 3 rings (SSSR count). The summed E-state index contributed by atoms with van der Waals surface area (Å²) < 4.78 is 33.7. The second-order valence-electron chi connectivity index (χ2n) is 7.06. The van der Waals surface area contributed by atoms with Crippen LogP contribution in [0.3, 0.4) is 0 Å². The SMILES string of the molecule is [CH2-]C(=O)N1CC[N+](O)(c2c(F)cc(N3C[C@H](CNC(C)=O)OC3=O)cc2F)CC1.[Mo]. The number of carbonyl (C=O) groups excluding carboxylic acids is 3. The minimum absolute atomic E-state index is 0. The fourth-order valence-corrected chi connectivity index (χ4v) is 3.47. The van der Waals surface area contributed by atoms with Crippen molar-refractivity contribution < 1.29 is 54.2 Å². The molecule has 1 atom stereocenters. The topological polar surface area (TPSA) is 99.2 Å². The van der Waals surface area contributed by atoms with Crippen molar-refractivity contribution in [1.82, 2.24) is 14.9 Å². The Morgan fingerprint density at radius 3 is 2.37 bits per heavy atom.